The molecule has 4 radical (unpaired) electrons. The van der Waals surface area contributed by atoms with Gasteiger partial charge in [0, 0.05) is 129 Å². The molecule has 0 spiro atoms. The second kappa shape index (κ2) is 53.0. The number of hydrogen-bond acceptors (Lipinski definition) is 8. The van der Waals surface area contributed by atoms with Crippen LogP contribution in [0.1, 0.15) is 180 Å². The zero-order valence-corrected chi connectivity index (χ0v) is 93.3. The third-order valence-corrected chi connectivity index (χ3v) is 28.3. The molecule has 726 valence electrons. The summed E-state index contributed by atoms with van der Waals surface area (Å²) in [6.07, 6.45) is 37.7. The van der Waals surface area contributed by atoms with Gasteiger partial charge in [0.15, 0.2) is 0 Å². The zero-order chi connectivity index (χ0) is 93.6. The smallest absolute Gasteiger partial charge is 0.305 e. The second-order valence-electron chi connectivity index (χ2n) is 38.5. The topological polar surface area (TPSA) is 103 Å². The Morgan fingerprint density at radius 1 is 0.301 bits per heavy atom. The minimum Gasteiger partial charge on any atom is -0.305 e. The maximum atomic E-state index is 4.82. The molecule has 0 amide bonds. The van der Waals surface area contributed by atoms with Crippen LogP contribution in [0.25, 0.3) is 101 Å². The third kappa shape index (κ3) is 28.3. The minimum atomic E-state index is 0. The molecule has 18 aromatic rings. The molecule has 7 aliphatic rings. The molecule has 7 aliphatic carbocycles. The van der Waals surface area contributed by atoms with Crippen LogP contribution in [0, 0.1) is 65.8 Å². The quantitative estimate of drug-likeness (QED) is 0.0695. The van der Waals surface area contributed by atoms with E-state index in [-0.39, 0.29) is 101 Å². The van der Waals surface area contributed by atoms with Gasteiger partial charge in [-0.25, -0.2) is 0 Å². The first-order chi connectivity index (χ1) is 67.9. The standard InChI is InChI=1S/C45H36N3.C22H24N.C20H20N.C17H12N.C15H16N.C11H8N.5Ir/c1-4-10-40(11-5-1)43-25-22-34(31-46-43)16-19-37-28-38(20-17-35-23-26-44(47-32-35)41-12-6-2-7-13-41)30-39(29-37)21-18-36-24-27-45(48-33-36)42-14-8-3-9-15-42;1-22(2)18-10-17-11-21(23-13-19(17)20(22)12-18)16-8-7-14-5-3-4-6-15(14)9-16;1-2-4-14-9-17(8-5-13(14)3-1)20-11-18-15-6-7-16(10-15)19(18)12-21-20;1-2-7-14(8-3-1)15-9-6-10-16(13-15)17-11-4-5-12-18-17;1-12(2)11-14-9-6-10-15(16-14)13-7-4-3-5-8-13;1-2-6-10(7-3-1)11-8-4-5-9-12-11;;;;;/h1-10,12,14,22-33H,16-21H2;7,9,11,13,18,20H,3-6,10,12H2,1-2H3;5,9,11-12,15-16H,1-4,6-7,10H2;1-9,11-13H;3-7,9-10,12H,11H2,1-2H3;1-6,8-9H;;;;;/q-3;5*-1;;;;;+3. The summed E-state index contributed by atoms with van der Waals surface area (Å²) in [6, 6.07) is 134. The second-order valence-corrected chi connectivity index (χ2v) is 38.5. The Morgan fingerprint density at radius 3 is 1.14 bits per heavy atom. The van der Waals surface area contributed by atoms with Gasteiger partial charge in [-0.2, -0.15) is 0 Å². The van der Waals surface area contributed by atoms with E-state index < -0.39 is 0 Å². The van der Waals surface area contributed by atoms with E-state index in [0.717, 1.165) is 153 Å². The van der Waals surface area contributed by atoms with Gasteiger partial charge in [0.05, 0.1) is 0 Å². The maximum Gasteiger partial charge on any atom is 3.00 e. The number of nitrogens with zero attached hydrogens (tertiary/aromatic N) is 8. The van der Waals surface area contributed by atoms with E-state index in [2.05, 4.69) is 231 Å². The summed E-state index contributed by atoms with van der Waals surface area (Å²) < 4.78 is 0. The van der Waals surface area contributed by atoms with E-state index in [9.17, 15) is 0 Å². The Kier molecular flexibility index (Phi) is 39.8. The molecule has 8 aromatic heterocycles. The number of hydrogen-bond donors (Lipinski definition) is 0. The molecule has 8 heterocycles. The van der Waals surface area contributed by atoms with Crippen LogP contribution >= 0.6 is 0 Å². The molecule has 143 heavy (non-hydrogen) atoms. The fraction of sp³-hybridized carbons (Fsp3) is 0.231. The molecule has 4 bridgehead atoms. The van der Waals surface area contributed by atoms with Gasteiger partial charge < -0.3 is 39.9 Å². The molecule has 0 N–H and O–H groups in total. The molecule has 2 fully saturated rings. The zero-order valence-electron chi connectivity index (χ0n) is 81.3. The summed E-state index contributed by atoms with van der Waals surface area (Å²) in [4.78, 5) is 37.0. The average Bonchev–Trinajstić information content (AvgIpc) is 1.12. The van der Waals surface area contributed by atoms with Crippen LogP contribution in [-0.2, 0) is 178 Å². The number of rotatable bonds is 20. The fourth-order valence-corrected chi connectivity index (χ4v) is 20.5. The van der Waals surface area contributed by atoms with E-state index in [4.69, 9.17) is 24.9 Å². The monoisotopic (exact) mass is 2750 g/mol. The summed E-state index contributed by atoms with van der Waals surface area (Å²) in [5.41, 5.74) is 40.7. The van der Waals surface area contributed by atoms with Gasteiger partial charge in [-0.15, -0.1) is 285 Å². The molecule has 4 atom stereocenters. The summed E-state index contributed by atoms with van der Waals surface area (Å²) in [5, 5.41) is 0. The first kappa shape index (κ1) is 107. The Balaban J connectivity index is 0.000000145. The van der Waals surface area contributed by atoms with Crippen LogP contribution in [0.15, 0.2) is 359 Å². The van der Waals surface area contributed by atoms with Crippen molar-refractivity contribution in [2.45, 2.75) is 174 Å². The van der Waals surface area contributed by atoms with Crippen molar-refractivity contribution in [2.75, 3.05) is 0 Å². The van der Waals surface area contributed by atoms with Crippen molar-refractivity contribution in [2.24, 2.45) is 17.3 Å². The van der Waals surface area contributed by atoms with E-state index >= 15 is 0 Å². The van der Waals surface area contributed by atoms with Gasteiger partial charge in [0.2, 0.25) is 0 Å². The van der Waals surface area contributed by atoms with Crippen LogP contribution in [0.3, 0.4) is 0 Å². The largest absolute Gasteiger partial charge is 3.00 e. The van der Waals surface area contributed by atoms with E-state index in [1.807, 2.05) is 207 Å². The SMILES string of the molecule is CC(C)Cc1cccc(-c2[c-]cccc2)n1.CC1(C)C2Cc3cc(-c4[c-]cc5c(c4)CCCC5)ncc3C1C2.[Ir+3].[Ir].[Ir].[Ir].[Ir].[c-]1cc2c(cc1-c1cc3c(cn1)C1CCC3C1)CCCC2.[c-]1ccc(-c2ccccc2)cc1-c1ccccn1.[c-]1ccccc1-c1ccc(CCc2cc(CCc3ccc(-c4[c-]cccc4)nc3)cc(CCc3ccc(-c4[c-]cccc4)nc3)c2)cn1.[c-]1ccccc1-c1ccccn1. The van der Waals surface area contributed by atoms with Crippen molar-refractivity contribution in [1.82, 2.24) is 39.9 Å². The predicted molar refractivity (Wildman–Crippen MR) is 562 cm³/mol. The Labute approximate surface area is 914 Å². The van der Waals surface area contributed by atoms with E-state index in [1.54, 1.807) is 23.5 Å². The molecule has 2 saturated carbocycles. The van der Waals surface area contributed by atoms with Crippen LogP contribution in [0.5, 0.6) is 0 Å². The van der Waals surface area contributed by atoms with Crippen LogP contribution in [-0.4, -0.2) is 39.9 Å². The normalized spacial score (nSPS) is 15.1. The van der Waals surface area contributed by atoms with E-state index in [0.29, 0.717) is 11.3 Å². The first-order valence-corrected chi connectivity index (χ1v) is 49.7. The molecule has 4 unspecified atom stereocenters. The number of fused-ring (bicyclic) bond motifs is 7. The molecule has 0 saturated heterocycles. The predicted octanol–water partition coefficient (Wildman–Crippen LogP) is 30.0. The summed E-state index contributed by atoms with van der Waals surface area (Å²) in [7, 11) is 0. The third-order valence-electron chi connectivity index (χ3n) is 28.3. The van der Waals surface area contributed by atoms with Crippen LogP contribution < -0.4 is 0 Å². The number of benzene rings is 10. The summed E-state index contributed by atoms with van der Waals surface area (Å²) >= 11 is 0. The van der Waals surface area contributed by atoms with Gasteiger partial charge in [0.25, 0.3) is 0 Å². The number of pyridine rings is 8. The average molecular weight is 2750 g/mol. The summed E-state index contributed by atoms with van der Waals surface area (Å²) in [5.74, 6) is 3.85. The van der Waals surface area contributed by atoms with Gasteiger partial charge in [-0.1, -0.05) is 200 Å². The molecule has 10 aromatic carbocycles. The van der Waals surface area contributed by atoms with Gasteiger partial charge in [0.1, 0.15) is 0 Å². The maximum absolute atomic E-state index is 4.82. The van der Waals surface area contributed by atoms with Crippen LogP contribution in [0.4, 0.5) is 0 Å². The minimum absolute atomic E-state index is 0. The molecule has 13 heteroatoms. The Morgan fingerprint density at radius 2 is 0.699 bits per heavy atom. The Hall–Kier alpha value is -11.4. The molecular formula is C130H116Ir5N8-5. The van der Waals surface area contributed by atoms with Gasteiger partial charge in [-0.05, 0) is 250 Å². The van der Waals surface area contributed by atoms with Crippen molar-refractivity contribution < 1.29 is 101 Å². The van der Waals surface area contributed by atoms with Crippen LogP contribution in [0.2, 0.25) is 0 Å². The molecule has 0 aliphatic heterocycles. The van der Waals surface area contributed by atoms with Gasteiger partial charge >= 0.3 is 20.1 Å². The summed E-state index contributed by atoms with van der Waals surface area (Å²) in [6.45, 7) is 9.28. The number of aryl methyl sites for hydroxylation is 10. The van der Waals surface area contributed by atoms with Gasteiger partial charge in [-0.3, -0.25) is 0 Å². The van der Waals surface area contributed by atoms with Crippen molar-refractivity contribution in [3.05, 3.63) is 491 Å². The molecular weight excluding hydrogens is 2630 g/mol. The van der Waals surface area contributed by atoms with Crippen molar-refractivity contribution in [3.8, 4) is 101 Å². The fourth-order valence-electron chi connectivity index (χ4n) is 20.5. The Bertz CT molecular complexity index is 6660. The number of aromatic nitrogens is 8. The van der Waals surface area contributed by atoms with Crippen molar-refractivity contribution in [1.29, 1.82) is 0 Å². The van der Waals surface area contributed by atoms with Crippen molar-refractivity contribution >= 4 is 0 Å². The first-order valence-electron chi connectivity index (χ1n) is 49.7. The molecule has 25 rings (SSSR count). The molecule has 8 nitrogen and oxygen atoms in total. The van der Waals surface area contributed by atoms with E-state index in [1.165, 1.54) is 172 Å². The van der Waals surface area contributed by atoms with Crippen molar-refractivity contribution in [3.63, 3.8) is 0 Å².